The zero-order valence-corrected chi connectivity index (χ0v) is 17.5. The number of hydroxylamine groups is 2. The Hall–Kier alpha value is -2.83. The summed E-state index contributed by atoms with van der Waals surface area (Å²) < 4.78 is 6.28. The zero-order chi connectivity index (χ0) is 21.1. The molecule has 30 heavy (non-hydrogen) atoms. The molecular formula is C23H24ClN3O3. The van der Waals surface area contributed by atoms with Gasteiger partial charge in [-0.05, 0) is 31.9 Å². The number of nitrogens with zero attached hydrogens (tertiary/aromatic N) is 3. The lowest BCUT2D eigenvalue weighted by atomic mass is 9.97. The third-order valence-corrected chi connectivity index (χ3v) is 5.68. The summed E-state index contributed by atoms with van der Waals surface area (Å²) in [6.45, 7) is 3.12. The number of aromatic nitrogens is 1. The van der Waals surface area contributed by atoms with Gasteiger partial charge in [-0.1, -0.05) is 54.1 Å². The van der Waals surface area contributed by atoms with Crippen LogP contribution in [0.5, 0.6) is 0 Å². The Morgan fingerprint density at radius 2 is 1.80 bits per heavy atom. The van der Waals surface area contributed by atoms with E-state index in [0.717, 1.165) is 40.5 Å². The molecule has 7 heteroatoms. The lowest BCUT2D eigenvalue weighted by molar-refractivity contribution is -0.0543. The number of carbonyl (C=O) groups is 1. The minimum Gasteiger partial charge on any atom is -0.440 e. The second-order valence-corrected chi connectivity index (χ2v) is 7.80. The van der Waals surface area contributed by atoms with Gasteiger partial charge in [0.1, 0.15) is 5.69 Å². The van der Waals surface area contributed by atoms with Crippen LogP contribution in [-0.4, -0.2) is 45.8 Å². The maximum Gasteiger partial charge on any atom is 0.343 e. The van der Waals surface area contributed by atoms with Crippen molar-refractivity contribution in [1.29, 1.82) is 0 Å². The molecule has 156 valence electrons. The molecule has 1 aliphatic rings. The van der Waals surface area contributed by atoms with Crippen LogP contribution in [0.15, 0.2) is 59.0 Å². The minimum atomic E-state index is -0.352. The van der Waals surface area contributed by atoms with Crippen molar-refractivity contribution >= 4 is 17.6 Å². The summed E-state index contributed by atoms with van der Waals surface area (Å²) in [5.41, 5.74) is 2.70. The highest BCUT2D eigenvalue weighted by atomic mass is 35.5. The molecule has 0 aliphatic carbocycles. The largest absolute Gasteiger partial charge is 0.440 e. The van der Waals surface area contributed by atoms with E-state index in [1.165, 1.54) is 0 Å². The first kappa shape index (κ1) is 20.4. The lowest BCUT2D eigenvalue weighted by Gasteiger charge is -2.32. The van der Waals surface area contributed by atoms with E-state index in [1.807, 2.05) is 54.6 Å². The lowest BCUT2D eigenvalue weighted by Crippen LogP contribution is -2.45. The molecule has 1 N–H and O–H groups in total. The van der Waals surface area contributed by atoms with Gasteiger partial charge in [0, 0.05) is 41.7 Å². The van der Waals surface area contributed by atoms with Crippen LogP contribution >= 0.6 is 11.6 Å². The van der Waals surface area contributed by atoms with Gasteiger partial charge in [-0.25, -0.2) is 14.8 Å². The van der Waals surface area contributed by atoms with Crippen LogP contribution in [0.25, 0.3) is 22.6 Å². The smallest absolute Gasteiger partial charge is 0.343 e. The molecule has 0 unspecified atom stereocenters. The number of likely N-dealkylation sites (tertiary alicyclic amines) is 1. The van der Waals surface area contributed by atoms with Gasteiger partial charge in [-0.2, -0.15) is 0 Å². The molecule has 1 aromatic heterocycles. The highest BCUT2D eigenvalue weighted by molar-refractivity contribution is 6.30. The fourth-order valence-electron chi connectivity index (χ4n) is 3.72. The predicted molar refractivity (Wildman–Crippen MR) is 115 cm³/mol. The fourth-order valence-corrected chi connectivity index (χ4v) is 3.84. The van der Waals surface area contributed by atoms with Gasteiger partial charge in [0.25, 0.3) is 0 Å². The SMILES string of the molecule is CCN(O)C(=O)N1CCC(c2nc(-c3ccc(Cl)cc3)c(-c3ccccc3)o2)CC1. The molecule has 1 saturated heterocycles. The van der Waals surface area contributed by atoms with Crippen molar-refractivity contribution in [1.82, 2.24) is 14.9 Å². The Balaban J connectivity index is 1.61. The maximum absolute atomic E-state index is 12.2. The number of urea groups is 1. The predicted octanol–water partition coefficient (Wildman–Crippen LogP) is 5.67. The van der Waals surface area contributed by atoms with Crippen molar-refractivity contribution < 1.29 is 14.4 Å². The van der Waals surface area contributed by atoms with Crippen molar-refractivity contribution in [2.24, 2.45) is 0 Å². The number of benzene rings is 2. The zero-order valence-electron chi connectivity index (χ0n) is 16.8. The number of hydrogen-bond acceptors (Lipinski definition) is 4. The third kappa shape index (κ3) is 4.20. The highest BCUT2D eigenvalue weighted by Crippen LogP contribution is 2.37. The number of piperidine rings is 1. The molecule has 1 aliphatic heterocycles. The van der Waals surface area contributed by atoms with Crippen molar-refractivity contribution in [2.45, 2.75) is 25.7 Å². The number of oxazole rings is 1. The normalized spacial score (nSPS) is 14.7. The van der Waals surface area contributed by atoms with Crippen LogP contribution in [0.3, 0.4) is 0 Å². The van der Waals surface area contributed by atoms with E-state index in [-0.39, 0.29) is 18.5 Å². The van der Waals surface area contributed by atoms with E-state index >= 15 is 0 Å². The van der Waals surface area contributed by atoms with Gasteiger partial charge >= 0.3 is 6.03 Å². The minimum absolute atomic E-state index is 0.117. The van der Waals surface area contributed by atoms with Gasteiger partial charge in [0.2, 0.25) is 0 Å². The molecular weight excluding hydrogens is 402 g/mol. The Bertz CT molecular complexity index is 996. The average molecular weight is 426 g/mol. The Morgan fingerprint density at radius 3 is 2.43 bits per heavy atom. The number of hydrogen-bond donors (Lipinski definition) is 1. The third-order valence-electron chi connectivity index (χ3n) is 5.43. The van der Waals surface area contributed by atoms with Gasteiger partial charge in [-0.3, -0.25) is 5.21 Å². The van der Waals surface area contributed by atoms with E-state index in [9.17, 15) is 10.0 Å². The van der Waals surface area contributed by atoms with Crippen molar-refractivity contribution in [3.63, 3.8) is 0 Å². The summed E-state index contributed by atoms with van der Waals surface area (Å²) in [4.78, 5) is 18.7. The second-order valence-electron chi connectivity index (χ2n) is 7.36. The first-order valence-electron chi connectivity index (χ1n) is 10.1. The molecule has 0 spiro atoms. The maximum atomic E-state index is 12.2. The molecule has 6 nitrogen and oxygen atoms in total. The average Bonchev–Trinajstić information content (AvgIpc) is 3.25. The van der Waals surface area contributed by atoms with Gasteiger partial charge in [0.15, 0.2) is 11.7 Å². The second kappa shape index (κ2) is 8.90. The molecule has 2 amide bonds. The first-order chi connectivity index (χ1) is 14.6. The van der Waals surface area contributed by atoms with Gasteiger partial charge in [-0.15, -0.1) is 0 Å². The van der Waals surface area contributed by atoms with Crippen LogP contribution in [0, 0.1) is 0 Å². The van der Waals surface area contributed by atoms with E-state index in [4.69, 9.17) is 21.0 Å². The molecule has 4 rings (SSSR count). The Kier molecular flexibility index (Phi) is 6.06. The highest BCUT2D eigenvalue weighted by Gasteiger charge is 2.30. The quantitative estimate of drug-likeness (QED) is 0.431. The molecule has 2 aromatic carbocycles. The van der Waals surface area contributed by atoms with E-state index in [1.54, 1.807) is 11.8 Å². The van der Waals surface area contributed by atoms with Crippen molar-refractivity contribution in [2.75, 3.05) is 19.6 Å². The van der Waals surface area contributed by atoms with Gasteiger partial charge < -0.3 is 9.32 Å². The summed E-state index contributed by atoms with van der Waals surface area (Å²) in [6.07, 6.45) is 1.47. The molecule has 0 radical (unpaired) electrons. The summed E-state index contributed by atoms with van der Waals surface area (Å²) >= 11 is 6.06. The first-order valence-corrected chi connectivity index (χ1v) is 10.5. The molecule has 0 bridgehead atoms. The van der Waals surface area contributed by atoms with Crippen LogP contribution in [0.2, 0.25) is 5.02 Å². The van der Waals surface area contributed by atoms with Crippen LogP contribution in [0.4, 0.5) is 4.79 Å². The molecule has 0 atom stereocenters. The summed E-state index contributed by atoms with van der Waals surface area (Å²) in [6, 6.07) is 17.2. The van der Waals surface area contributed by atoms with E-state index < -0.39 is 0 Å². The van der Waals surface area contributed by atoms with E-state index in [0.29, 0.717) is 24.0 Å². The van der Waals surface area contributed by atoms with Crippen molar-refractivity contribution in [3.8, 4) is 22.6 Å². The van der Waals surface area contributed by atoms with Crippen LogP contribution < -0.4 is 0 Å². The molecule has 2 heterocycles. The number of carbonyl (C=O) groups excluding carboxylic acids is 1. The summed E-state index contributed by atoms with van der Waals surface area (Å²) in [7, 11) is 0. The summed E-state index contributed by atoms with van der Waals surface area (Å²) in [5, 5.41) is 11.1. The topological polar surface area (TPSA) is 69.8 Å². The molecule has 0 saturated carbocycles. The molecule has 3 aromatic rings. The number of halogens is 1. The molecule has 1 fully saturated rings. The summed E-state index contributed by atoms with van der Waals surface area (Å²) in [5.74, 6) is 1.53. The van der Waals surface area contributed by atoms with Crippen LogP contribution in [0.1, 0.15) is 31.6 Å². The Morgan fingerprint density at radius 1 is 1.13 bits per heavy atom. The van der Waals surface area contributed by atoms with Crippen molar-refractivity contribution in [3.05, 3.63) is 65.5 Å². The monoisotopic (exact) mass is 425 g/mol. The Labute approximate surface area is 180 Å². The van der Waals surface area contributed by atoms with E-state index in [2.05, 4.69) is 0 Å². The fraction of sp³-hybridized carbons (Fsp3) is 0.304. The standard InChI is InChI=1S/C23H24ClN3O3/c1-2-27(29)23(28)26-14-12-18(13-15-26)22-25-20(16-8-10-19(24)11-9-16)21(30-22)17-6-4-3-5-7-17/h3-11,18,29H,2,12-15H2,1H3. The van der Waals surface area contributed by atoms with Gasteiger partial charge in [0.05, 0.1) is 0 Å². The van der Waals surface area contributed by atoms with Crippen LogP contribution in [-0.2, 0) is 0 Å². The number of amides is 2. The number of rotatable bonds is 4.